The predicted molar refractivity (Wildman–Crippen MR) is 645 cm³/mol. The minimum absolute atomic E-state index is 0.0217. The first-order chi connectivity index (χ1) is 72.9. The summed E-state index contributed by atoms with van der Waals surface area (Å²) < 4.78 is 4.31. The van der Waals surface area contributed by atoms with E-state index in [1.165, 1.54) is 200 Å². The second-order valence-electron chi connectivity index (χ2n) is 39.8. The number of rotatable bonds is 16. The third kappa shape index (κ3) is 18.5. The minimum atomic E-state index is -0.318. The molecule has 4 aliphatic rings. The van der Waals surface area contributed by atoms with Crippen molar-refractivity contribution in [3.63, 3.8) is 0 Å². The second kappa shape index (κ2) is 40.5. The van der Waals surface area contributed by atoms with Gasteiger partial charge in [-0.3, -0.25) is 0 Å². The van der Waals surface area contributed by atoms with Gasteiger partial charge in [-0.1, -0.05) is 443 Å². The number of halogens is 4. The van der Waals surface area contributed by atoms with Crippen LogP contribution in [0.25, 0.3) is 155 Å². The Hall–Kier alpha value is -16.3. The van der Waals surface area contributed by atoms with Gasteiger partial charge in [-0.05, 0) is 369 Å². The average Bonchev–Trinajstić information content (AvgIpc) is 1.50. The molecule has 4 N–H and O–H groups in total. The molecule has 23 aromatic carbocycles. The molecule has 0 atom stereocenters. The van der Waals surface area contributed by atoms with Gasteiger partial charge in [0.25, 0.3) is 0 Å². The normalized spacial score (nSPS) is 12.7. The molecule has 714 valence electrons. The molecular weight excluding hydrogens is 2070 g/mol. The van der Waals surface area contributed by atoms with Crippen molar-refractivity contribution in [3.05, 3.63) is 584 Å². The maximum Gasteiger partial charge on any atom is 0.0725 e. The number of anilines is 8. The summed E-state index contributed by atoms with van der Waals surface area (Å²) in [6, 6.07) is 188. The minimum Gasteiger partial charge on any atom is -0.356 e. The fourth-order valence-electron chi connectivity index (χ4n) is 22.7. The van der Waals surface area contributed by atoms with Gasteiger partial charge in [0, 0.05) is 74.2 Å². The lowest BCUT2D eigenvalue weighted by Gasteiger charge is -2.30. The Bertz CT molecular complexity index is 8880. The Labute approximate surface area is 905 Å². The molecule has 4 aliphatic carbocycles. The van der Waals surface area contributed by atoms with Crippen LogP contribution in [0.3, 0.4) is 0 Å². The molecule has 23 aromatic rings. The summed E-state index contributed by atoms with van der Waals surface area (Å²) in [5.74, 6) is 0. The van der Waals surface area contributed by atoms with Crippen LogP contribution >= 0.6 is 63.7 Å². The van der Waals surface area contributed by atoms with Gasteiger partial charge in [-0.25, -0.2) is 0 Å². The van der Waals surface area contributed by atoms with Crippen molar-refractivity contribution >= 4 is 131 Å². The molecule has 8 heteroatoms. The Balaban J connectivity index is 0.000000107. The lowest BCUT2D eigenvalue weighted by Crippen LogP contribution is -2.25. The van der Waals surface area contributed by atoms with Gasteiger partial charge in [0.15, 0.2) is 0 Å². The maximum atomic E-state index is 3.51. The lowest BCUT2D eigenvalue weighted by molar-refractivity contribution is 0.660. The van der Waals surface area contributed by atoms with Crippen LogP contribution in [0, 0.1) is 0 Å². The zero-order valence-electron chi connectivity index (χ0n) is 82.7. The standard InChI is InChI=1S/C43H28BrN.C38H26BrN.C33H26BrN.C27H22BrN/c44-32-20-24-34(25-21-32)45-33-22-17-29(18-23-33)28-13-15-30(16-14-28)31-19-26-38-37-9-3-6-12-41(37)43(42(38)27-31)39-10-4-1-7-35(39)36-8-2-5-11-40(36)43;39-30-18-22-32(23-19-30)40-31-20-15-26(16-21-31)29-17-24-35-36(25-29)38(28-11-5-2-6-12-28)34-14-8-7-13-33(34)37(35)27-9-3-1-4-10-27;1-33(2)31-6-4-3-5-29(31)30-20-13-25(21-32(30)33)24-9-7-22(8-10-24)23-11-16-27(17-12-23)35-28-18-14-26(34)15-19-28;1-27(2)25-6-4-3-5-23(25)24-16-9-19(17-26(24)27)18-7-12-21(13-8-18)29-22-14-10-20(28)11-15-22/h1-27,45H;1-25,40H;3-21,35H,1-2H3;3-17,29H,1-2H3. The smallest absolute Gasteiger partial charge is 0.0725 e. The summed E-state index contributed by atoms with van der Waals surface area (Å²) in [5, 5.41) is 19.0. The Morgan fingerprint density at radius 3 is 0.638 bits per heavy atom. The van der Waals surface area contributed by atoms with Gasteiger partial charge in [0.05, 0.1) is 5.41 Å². The van der Waals surface area contributed by atoms with E-state index in [0.717, 1.165) is 63.4 Å². The highest BCUT2D eigenvalue weighted by Gasteiger charge is 2.52. The van der Waals surface area contributed by atoms with E-state index in [2.05, 4.69) is 586 Å². The van der Waals surface area contributed by atoms with Crippen molar-refractivity contribution < 1.29 is 0 Å². The highest BCUT2D eigenvalue weighted by Crippen LogP contribution is 2.64. The van der Waals surface area contributed by atoms with Gasteiger partial charge < -0.3 is 21.3 Å². The van der Waals surface area contributed by atoms with E-state index in [9.17, 15) is 0 Å². The molecule has 0 aliphatic heterocycles. The Morgan fingerprint density at radius 2 is 0.336 bits per heavy atom. The SMILES string of the molecule is Brc1ccc(Nc2ccc(-c3ccc(-c4ccc5c(c4)C4(c6ccccc6-c6ccccc64)c4ccccc4-5)cc3)cc2)cc1.Brc1ccc(Nc2ccc(-c3ccc4c(-c5ccccc5)c5ccccc5c(-c5ccccc5)c4c3)cc2)cc1.CC1(C)c2ccccc2-c2ccc(-c3ccc(-c4ccc(Nc5ccc(Br)cc5)cc4)cc3)cc21.CC1(C)c2ccccc2-c2ccc(-c3ccc(Nc4ccc(Br)cc4)cc3)cc21. The lowest BCUT2D eigenvalue weighted by atomic mass is 9.70. The van der Waals surface area contributed by atoms with Crippen LogP contribution in [0.15, 0.2) is 540 Å². The quantitative estimate of drug-likeness (QED) is 0.0728. The highest BCUT2D eigenvalue weighted by molar-refractivity contribution is 9.11. The molecule has 0 amide bonds. The van der Waals surface area contributed by atoms with Crippen LogP contribution in [-0.4, -0.2) is 0 Å². The topological polar surface area (TPSA) is 48.1 Å². The number of nitrogens with one attached hydrogen (secondary N) is 4. The van der Waals surface area contributed by atoms with E-state index in [4.69, 9.17) is 0 Å². The van der Waals surface area contributed by atoms with E-state index in [1.54, 1.807) is 0 Å². The number of benzene rings is 23. The van der Waals surface area contributed by atoms with Crippen LogP contribution in [-0.2, 0) is 16.2 Å². The van der Waals surface area contributed by atoms with Crippen molar-refractivity contribution in [3.8, 4) is 134 Å². The molecule has 27 rings (SSSR count). The van der Waals surface area contributed by atoms with Crippen molar-refractivity contribution in [2.75, 3.05) is 21.3 Å². The third-order valence-electron chi connectivity index (χ3n) is 30.2. The first-order valence-electron chi connectivity index (χ1n) is 50.7. The molecule has 0 aromatic heterocycles. The van der Waals surface area contributed by atoms with Gasteiger partial charge in [0.2, 0.25) is 0 Å². The van der Waals surface area contributed by atoms with Gasteiger partial charge in [-0.2, -0.15) is 0 Å². The average molecular weight is 2170 g/mol. The summed E-state index contributed by atoms with van der Waals surface area (Å²) in [6.45, 7) is 9.32. The van der Waals surface area contributed by atoms with Crippen LogP contribution < -0.4 is 21.3 Å². The molecule has 0 unspecified atom stereocenters. The van der Waals surface area contributed by atoms with Crippen LogP contribution in [0.2, 0.25) is 0 Å². The molecule has 0 heterocycles. The fraction of sp³-hybridized carbons (Fsp3) is 0.0496. The number of hydrogen-bond acceptors (Lipinski definition) is 4. The molecule has 0 fully saturated rings. The fourth-order valence-corrected chi connectivity index (χ4v) is 23.8. The van der Waals surface area contributed by atoms with Crippen LogP contribution in [0.5, 0.6) is 0 Å². The second-order valence-corrected chi connectivity index (χ2v) is 43.5. The van der Waals surface area contributed by atoms with Gasteiger partial charge >= 0.3 is 0 Å². The van der Waals surface area contributed by atoms with E-state index in [1.807, 2.05) is 48.5 Å². The molecule has 1 spiro atoms. The van der Waals surface area contributed by atoms with Crippen molar-refractivity contribution in [1.29, 1.82) is 0 Å². The van der Waals surface area contributed by atoms with Crippen LogP contribution in [0.1, 0.15) is 72.2 Å². The first-order valence-corrected chi connectivity index (χ1v) is 53.9. The van der Waals surface area contributed by atoms with Crippen molar-refractivity contribution in [2.24, 2.45) is 0 Å². The summed E-state index contributed by atoms with van der Waals surface area (Å²) >= 11 is 14.0. The summed E-state index contributed by atoms with van der Waals surface area (Å²) in [7, 11) is 0. The molecule has 149 heavy (non-hydrogen) atoms. The van der Waals surface area contributed by atoms with E-state index in [0.29, 0.717) is 0 Å². The molecule has 0 saturated heterocycles. The predicted octanol–water partition coefficient (Wildman–Crippen LogP) is 41.4. The summed E-state index contributed by atoms with van der Waals surface area (Å²) in [5.41, 5.74) is 50.0. The third-order valence-corrected chi connectivity index (χ3v) is 32.3. The molecule has 4 nitrogen and oxygen atoms in total. The highest BCUT2D eigenvalue weighted by atomic mass is 79.9. The molecule has 0 saturated carbocycles. The molecular formula is C141H102Br4N4. The van der Waals surface area contributed by atoms with Crippen molar-refractivity contribution in [1.82, 2.24) is 0 Å². The number of hydrogen-bond donors (Lipinski definition) is 4. The van der Waals surface area contributed by atoms with E-state index < -0.39 is 0 Å². The zero-order chi connectivity index (χ0) is 101. The van der Waals surface area contributed by atoms with E-state index in [-0.39, 0.29) is 16.2 Å². The summed E-state index contributed by atoms with van der Waals surface area (Å²) in [6.07, 6.45) is 0. The first kappa shape index (κ1) is 94.9. The van der Waals surface area contributed by atoms with E-state index >= 15 is 0 Å². The van der Waals surface area contributed by atoms with Crippen LogP contribution in [0.4, 0.5) is 45.5 Å². The Morgan fingerprint density at radius 1 is 0.141 bits per heavy atom. The summed E-state index contributed by atoms with van der Waals surface area (Å²) in [4.78, 5) is 0. The zero-order valence-corrected chi connectivity index (χ0v) is 89.0. The van der Waals surface area contributed by atoms with Gasteiger partial charge in [0.1, 0.15) is 0 Å². The monoisotopic (exact) mass is 2170 g/mol. The molecule has 0 bridgehead atoms. The van der Waals surface area contributed by atoms with Crippen molar-refractivity contribution in [2.45, 2.75) is 43.9 Å². The van der Waals surface area contributed by atoms with Gasteiger partial charge in [-0.15, -0.1) is 0 Å². The number of fused-ring (bicyclic) bond motifs is 18. The maximum absolute atomic E-state index is 3.51. The largest absolute Gasteiger partial charge is 0.356 e. The molecule has 0 radical (unpaired) electrons. The Kier molecular flexibility index (Phi) is 25.8.